The summed E-state index contributed by atoms with van der Waals surface area (Å²) in [6.07, 6.45) is -0.0496. The van der Waals surface area contributed by atoms with E-state index in [4.69, 9.17) is 21.1 Å². The maximum Gasteiger partial charge on any atom is 0.168 e. The lowest BCUT2D eigenvalue weighted by molar-refractivity contribution is 0.0990. The second-order valence-electron chi connectivity index (χ2n) is 4.67. The molecule has 2 aromatic rings. The minimum absolute atomic E-state index is 0.0496. The summed E-state index contributed by atoms with van der Waals surface area (Å²) in [4.78, 5) is 12.3. The molecule has 0 aromatic heterocycles. The minimum atomic E-state index is -0.403. The topological polar surface area (TPSA) is 35.5 Å². The number of carbonyl (C=O) groups excluding carboxylic acids is 1. The molecule has 0 fully saturated rings. The Morgan fingerprint density at radius 3 is 2.52 bits per heavy atom. The molecule has 1 heterocycles. The van der Waals surface area contributed by atoms with Gasteiger partial charge in [0.15, 0.2) is 17.3 Å². The quantitative estimate of drug-likeness (QED) is 0.812. The normalized spacial score (nSPS) is 13.0. The molecule has 3 rings (SSSR count). The summed E-state index contributed by atoms with van der Waals surface area (Å²) in [6.45, 7) is 0.876. The fraction of sp³-hybridized carbons (Fsp3) is 0.188. The van der Waals surface area contributed by atoms with Crippen molar-refractivity contribution >= 4 is 17.4 Å². The Hall–Kier alpha value is -2.07. The van der Waals surface area contributed by atoms with Gasteiger partial charge in [-0.1, -0.05) is 29.8 Å². The molecule has 0 spiro atoms. The zero-order chi connectivity index (χ0) is 14.8. The summed E-state index contributed by atoms with van der Waals surface area (Å²) in [5.41, 5.74) is 0.651. The van der Waals surface area contributed by atoms with Crippen molar-refractivity contribution in [2.75, 3.05) is 13.2 Å². The summed E-state index contributed by atoms with van der Waals surface area (Å²) < 4.78 is 24.4. The Bertz CT molecular complexity index is 700. The number of Topliss-reactive ketones (excluding diaryl/α,β-unsaturated/α-hetero) is 1. The molecule has 0 amide bonds. The average Bonchev–Trinajstić information content (AvgIpc) is 2.49. The molecule has 0 saturated heterocycles. The van der Waals surface area contributed by atoms with Crippen LogP contribution in [-0.2, 0) is 6.42 Å². The van der Waals surface area contributed by atoms with Crippen molar-refractivity contribution in [2.24, 2.45) is 0 Å². The molecule has 0 aliphatic carbocycles. The number of ketones is 1. The summed E-state index contributed by atoms with van der Waals surface area (Å²) in [7, 11) is 0. The monoisotopic (exact) mass is 306 g/mol. The molecule has 3 nitrogen and oxygen atoms in total. The molecule has 2 aromatic carbocycles. The van der Waals surface area contributed by atoms with Crippen LogP contribution in [0.15, 0.2) is 36.4 Å². The van der Waals surface area contributed by atoms with Crippen LogP contribution >= 0.6 is 11.6 Å². The van der Waals surface area contributed by atoms with Gasteiger partial charge >= 0.3 is 0 Å². The highest BCUT2D eigenvalue weighted by Crippen LogP contribution is 2.35. The Balaban J connectivity index is 1.89. The molecule has 21 heavy (non-hydrogen) atoms. The van der Waals surface area contributed by atoms with Crippen molar-refractivity contribution in [3.8, 4) is 11.5 Å². The van der Waals surface area contributed by atoms with E-state index in [2.05, 4.69) is 0 Å². The minimum Gasteiger partial charge on any atom is -0.486 e. The molecule has 0 N–H and O–H groups in total. The van der Waals surface area contributed by atoms with E-state index < -0.39 is 5.82 Å². The summed E-state index contributed by atoms with van der Waals surface area (Å²) in [6, 6.07) is 9.30. The van der Waals surface area contributed by atoms with Gasteiger partial charge < -0.3 is 9.47 Å². The first-order valence-electron chi connectivity index (χ1n) is 6.51. The van der Waals surface area contributed by atoms with Gasteiger partial charge in [0.25, 0.3) is 0 Å². The van der Waals surface area contributed by atoms with Crippen molar-refractivity contribution in [3.05, 3.63) is 58.4 Å². The van der Waals surface area contributed by atoms with Crippen LogP contribution in [0, 0.1) is 5.82 Å². The zero-order valence-corrected chi connectivity index (χ0v) is 11.8. The summed E-state index contributed by atoms with van der Waals surface area (Å²) >= 11 is 6.11. The van der Waals surface area contributed by atoms with E-state index in [0.29, 0.717) is 35.8 Å². The van der Waals surface area contributed by atoms with Crippen molar-refractivity contribution in [3.63, 3.8) is 0 Å². The van der Waals surface area contributed by atoms with Crippen molar-refractivity contribution < 1.29 is 18.7 Å². The van der Waals surface area contributed by atoms with Crippen LogP contribution in [0.2, 0.25) is 5.02 Å². The van der Waals surface area contributed by atoms with Crippen LogP contribution in [0.1, 0.15) is 15.9 Å². The lowest BCUT2D eigenvalue weighted by atomic mass is 10.0. The molecule has 0 unspecified atom stereocenters. The third-order valence-electron chi connectivity index (χ3n) is 3.24. The number of fused-ring (bicyclic) bond motifs is 1. The smallest absolute Gasteiger partial charge is 0.168 e. The van der Waals surface area contributed by atoms with Crippen LogP contribution in [0.4, 0.5) is 4.39 Å². The van der Waals surface area contributed by atoms with E-state index in [0.717, 1.165) is 0 Å². The van der Waals surface area contributed by atoms with E-state index in [-0.39, 0.29) is 17.2 Å². The van der Waals surface area contributed by atoms with Gasteiger partial charge in [0, 0.05) is 18.1 Å². The van der Waals surface area contributed by atoms with Gasteiger partial charge in [0.2, 0.25) is 0 Å². The number of ether oxygens (including phenoxy) is 2. The van der Waals surface area contributed by atoms with Gasteiger partial charge in [-0.15, -0.1) is 0 Å². The van der Waals surface area contributed by atoms with E-state index in [9.17, 15) is 9.18 Å². The number of rotatable bonds is 3. The molecular weight excluding hydrogens is 295 g/mol. The van der Waals surface area contributed by atoms with Crippen molar-refractivity contribution in [1.29, 1.82) is 0 Å². The highest BCUT2D eigenvalue weighted by molar-refractivity contribution is 6.34. The first kappa shape index (κ1) is 13.9. The first-order chi connectivity index (χ1) is 10.1. The molecule has 0 radical (unpaired) electrons. The largest absolute Gasteiger partial charge is 0.486 e. The van der Waals surface area contributed by atoms with Gasteiger partial charge in [0.05, 0.1) is 5.02 Å². The number of hydrogen-bond acceptors (Lipinski definition) is 3. The highest BCUT2D eigenvalue weighted by Gasteiger charge is 2.19. The van der Waals surface area contributed by atoms with E-state index in [1.54, 1.807) is 30.3 Å². The molecule has 1 aliphatic rings. The van der Waals surface area contributed by atoms with E-state index in [1.807, 2.05) is 0 Å². The first-order valence-corrected chi connectivity index (χ1v) is 6.88. The Morgan fingerprint density at radius 1 is 1.14 bits per heavy atom. The summed E-state index contributed by atoms with van der Waals surface area (Å²) in [5, 5.41) is 0.278. The summed E-state index contributed by atoms with van der Waals surface area (Å²) in [5.74, 6) is 0.345. The van der Waals surface area contributed by atoms with Crippen LogP contribution < -0.4 is 9.47 Å². The second-order valence-corrected chi connectivity index (χ2v) is 5.07. The second kappa shape index (κ2) is 5.74. The standard InChI is InChI=1S/C16H12ClFO3/c17-12-9-16-15(20-5-6-21-16)8-11(12)14(19)7-10-3-1-2-4-13(10)18/h1-4,8-9H,5-7H2. The van der Waals surface area contributed by atoms with Crippen LogP contribution in [0.25, 0.3) is 0 Å². The van der Waals surface area contributed by atoms with Crippen molar-refractivity contribution in [1.82, 2.24) is 0 Å². The molecule has 5 heteroatoms. The predicted molar refractivity (Wildman–Crippen MR) is 76.9 cm³/mol. The predicted octanol–water partition coefficient (Wildman–Crippen LogP) is 3.68. The van der Waals surface area contributed by atoms with E-state index in [1.165, 1.54) is 6.07 Å². The third kappa shape index (κ3) is 2.85. The number of carbonyl (C=O) groups is 1. The van der Waals surface area contributed by atoms with Crippen LogP contribution in [0.5, 0.6) is 11.5 Å². The zero-order valence-electron chi connectivity index (χ0n) is 11.1. The van der Waals surface area contributed by atoms with Gasteiger partial charge in [0.1, 0.15) is 19.0 Å². The fourth-order valence-electron chi connectivity index (χ4n) is 2.19. The third-order valence-corrected chi connectivity index (χ3v) is 3.55. The SMILES string of the molecule is O=C(Cc1ccccc1F)c1cc2c(cc1Cl)OCCO2. The number of hydrogen-bond donors (Lipinski definition) is 0. The number of halogens is 2. The molecule has 0 bridgehead atoms. The average molecular weight is 307 g/mol. The van der Waals surface area contributed by atoms with Gasteiger partial charge in [-0.3, -0.25) is 4.79 Å². The molecule has 108 valence electrons. The van der Waals surface area contributed by atoms with Gasteiger partial charge in [-0.05, 0) is 17.7 Å². The van der Waals surface area contributed by atoms with Crippen LogP contribution in [0.3, 0.4) is 0 Å². The van der Waals surface area contributed by atoms with Gasteiger partial charge in [-0.2, -0.15) is 0 Å². The van der Waals surface area contributed by atoms with Crippen LogP contribution in [-0.4, -0.2) is 19.0 Å². The molecular formula is C16H12ClFO3. The Morgan fingerprint density at radius 2 is 1.81 bits per heavy atom. The molecule has 0 saturated carbocycles. The fourth-order valence-corrected chi connectivity index (χ4v) is 2.45. The maximum absolute atomic E-state index is 13.6. The Kier molecular flexibility index (Phi) is 3.80. The van der Waals surface area contributed by atoms with Crippen molar-refractivity contribution in [2.45, 2.75) is 6.42 Å². The lowest BCUT2D eigenvalue weighted by Crippen LogP contribution is -2.16. The molecule has 0 atom stereocenters. The lowest BCUT2D eigenvalue weighted by Gasteiger charge is -2.19. The van der Waals surface area contributed by atoms with Gasteiger partial charge in [-0.25, -0.2) is 4.39 Å². The molecule has 1 aliphatic heterocycles. The Labute approximate surface area is 126 Å². The highest BCUT2D eigenvalue weighted by atomic mass is 35.5. The maximum atomic E-state index is 13.6. The van der Waals surface area contributed by atoms with E-state index >= 15 is 0 Å². The number of benzene rings is 2.